The number of hydrogen-bond acceptors (Lipinski definition) is 9. The van der Waals surface area contributed by atoms with E-state index in [1.807, 2.05) is 0 Å². The van der Waals surface area contributed by atoms with Crippen molar-refractivity contribution in [1.82, 2.24) is 9.80 Å². The minimum absolute atomic E-state index is 0.220. The van der Waals surface area contributed by atoms with E-state index in [0.717, 1.165) is 39.3 Å². The molecule has 26 heavy (non-hydrogen) atoms. The van der Waals surface area contributed by atoms with E-state index in [4.69, 9.17) is 24.1 Å². The molecule has 1 fully saturated rings. The van der Waals surface area contributed by atoms with E-state index in [1.165, 1.54) is 0 Å². The first-order valence-electron chi connectivity index (χ1n) is 8.99. The second-order valence-corrected chi connectivity index (χ2v) is 5.82. The van der Waals surface area contributed by atoms with Gasteiger partial charge >= 0.3 is 5.97 Å². The molecule has 0 radical (unpaired) electrons. The van der Waals surface area contributed by atoms with Crippen molar-refractivity contribution in [3.63, 3.8) is 0 Å². The van der Waals surface area contributed by atoms with E-state index in [2.05, 4.69) is 15.0 Å². The van der Waals surface area contributed by atoms with E-state index in [9.17, 15) is 9.70 Å². The van der Waals surface area contributed by atoms with Crippen molar-refractivity contribution in [3.8, 4) is 0 Å². The number of nitrogens with zero attached hydrogens (tertiary/aromatic N) is 3. The topological polar surface area (TPSA) is 110 Å². The van der Waals surface area contributed by atoms with Crippen molar-refractivity contribution >= 4 is 5.97 Å². The summed E-state index contributed by atoms with van der Waals surface area (Å²) in [6.07, 6.45) is 0. The fourth-order valence-corrected chi connectivity index (χ4v) is 2.43. The third-order valence-corrected chi connectivity index (χ3v) is 3.87. The summed E-state index contributed by atoms with van der Waals surface area (Å²) in [5.41, 5.74) is 0. The van der Waals surface area contributed by atoms with Crippen LogP contribution in [0.5, 0.6) is 0 Å². The number of ether oxygens (including phenoxy) is 4. The van der Waals surface area contributed by atoms with Gasteiger partial charge in [0.1, 0.15) is 13.2 Å². The summed E-state index contributed by atoms with van der Waals surface area (Å²) in [6.45, 7) is 9.10. The molecule has 0 bridgehead atoms. The van der Waals surface area contributed by atoms with Gasteiger partial charge in [0.25, 0.3) is 0 Å². The standard InChI is InChI=1S/C16H31N3O7/c20-16(21)15-26-14-13-25-12-11-24-10-7-19-4-2-18(3-5-19)6-9-23-8-1-17-22/h1-15H2,(H,20,21). The number of aliphatic carboxylic acids is 1. The Morgan fingerprint density at radius 3 is 1.73 bits per heavy atom. The normalized spacial score (nSPS) is 16.0. The fraction of sp³-hybridized carbons (Fsp3) is 0.938. The lowest BCUT2D eigenvalue weighted by Crippen LogP contribution is -2.48. The molecule has 0 saturated carbocycles. The lowest BCUT2D eigenvalue weighted by molar-refractivity contribution is -0.142. The lowest BCUT2D eigenvalue weighted by Gasteiger charge is -2.34. The number of carbonyl (C=O) groups is 1. The molecule has 1 aliphatic rings. The average Bonchev–Trinajstić information content (AvgIpc) is 2.64. The third-order valence-electron chi connectivity index (χ3n) is 3.87. The van der Waals surface area contributed by atoms with E-state index < -0.39 is 5.97 Å². The molecular weight excluding hydrogens is 346 g/mol. The summed E-state index contributed by atoms with van der Waals surface area (Å²) >= 11 is 0. The van der Waals surface area contributed by atoms with Gasteiger partial charge in [-0.15, -0.1) is 0 Å². The molecule has 0 aliphatic carbocycles. The first-order chi connectivity index (χ1) is 12.7. The van der Waals surface area contributed by atoms with Gasteiger partial charge in [-0.05, 0) is 0 Å². The van der Waals surface area contributed by atoms with Gasteiger partial charge in [-0.25, -0.2) is 4.79 Å². The monoisotopic (exact) mass is 377 g/mol. The van der Waals surface area contributed by atoms with Crippen LogP contribution in [0.15, 0.2) is 5.18 Å². The van der Waals surface area contributed by atoms with Crippen LogP contribution in [-0.2, 0) is 23.7 Å². The molecule has 0 aromatic rings. The predicted octanol–water partition coefficient (Wildman–Crippen LogP) is -0.479. The number of hydrogen-bond donors (Lipinski definition) is 1. The van der Waals surface area contributed by atoms with Crippen LogP contribution in [0.3, 0.4) is 0 Å². The van der Waals surface area contributed by atoms with Crippen molar-refractivity contribution in [3.05, 3.63) is 4.91 Å². The molecule has 1 heterocycles. The SMILES string of the molecule is O=NCCOCCN1CCN(CCOCCOCCOCC(=O)O)CC1. The van der Waals surface area contributed by atoms with Crippen LogP contribution >= 0.6 is 0 Å². The van der Waals surface area contributed by atoms with E-state index in [-0.39, 0.29) is 19.8 Å². The number of carboxylic acids is 1. The molecule has 0 atom stereocenters. The molecule has 1 aliphatic heterocycles. The maximum absolute atomic E-state index is 10.2. The van der Waals surface area contributed by atoms with Crippen LogP contribution in [-0.4, -0.2) is 120 Å². The first-order valence-corrected chi connectivity index (χ1v) is 8.99. The van der Waals surface area contributed by atoms with Crippen LogP contribution in [0.25, 0.3) is 0 Å². The number of carboxylic acid groups (broad SMARTS) is 1. The smallest absolute Gasteiger partial charge is 0.329 e. The Balaban J connectivity index is 1.83. The van der Waals surface area contributed by atoms with Gasteiger partial charge in [0.05, 0.1) is 46.2 Å². The Kier molecular flexibility index (Phi) is 14.1. The highest BCUT2D eigenvalue weighted by Gasteiger charge is 2.15. The third kappa shape index (κ3) is 13.1. The van der Waals surface area contributed by atoms with Crippen molar-refractivity contribution in [2.45, 2.75) is 0 Å². The van der Waals surface area contributed by atoms with Crippen molar-refractivity contribution in [2.24, 2.45) is 5.18 Å². The second-order valence-electron chi connectivity index (χ2n) is 5.82. The van der Waals surface area contributed by atoms with Gasteiger partial charge < -0.3 is 24.1 Å². The van der Waals surface area contributed by atoms with Crippen molar-refractivity contribution in [1.29, 1.82) is 0 Å². The van der Waals surface area contributed by atoms with E-state index in [0.29, 0.717) is 39.6 Å². The van der Waals surface area contributed by atoms with Crippen LogP contribution < -0.4 is 0 Å². The summed E-state index contributed by atoms with van der Waals surface area (Å²) < 4.78 is 21.0. The summed E-state index contributed by atoms with van der Waals surface area (Å²) in [4.78, 5) is 24.9. The van der Waals surface area contributed by atoms with Gasteiger partial charge in [-0.3, -0.25) is 9.80 Å². The maximum Gasteiger partial charge on any atom is 0.329 e. The molecule has 1 saturated heterocycles. The van der Waals surface area contributed by atoms with Gasteiger partial charge in [-0.2, -0.15) is 4.91 Å². The van der Waals surface area contributed by atoms with Crippen molar-refractivity contribution < 1.29 is 28.8 Å². The Labute approximate surface area is 154 Å². The summed E-state index contributed by atoms with van der Waals surface area (Å²) in [6, 6.07) is 0. The van der Waals surface area contributed by atoms with E-state index >= 15 is 0 Å². The number of rotatable bonds is 17. The molecule has 0 aromatic heterocycles. The molecule has 0 unspecified atom stereocenters. The highest BCUT2D eigenvalue weighted by molar-refractivity contribution is 5.67. The van der Waals surface area contributed by atoms with Gasteiger partial charge in [0.15, 0.2) is 0 Å². The van der Waals surface area contributed by atoms with Gasteiger partial charge in [0, 0.05) is 39.3 Å². The summed E-state index contributed by atoms with van der Waals surface area (Å²) in [5, 5.41) is 11.2. The van der Waals surface area contributed by atoms with Crippen LogP contribution in [0.2, 0.25) is 0 Å². The minimum Gasteiger partial charge on any atom is -0.480 e. The Bertz CT molecular complexity index is 366. The van der Waals surface area contributed by atoms with Crippen LogP contribution in [0.4, 0.5) is 0 Å². The molecule has 1 rings (SSSR count). The second kappa shape index (κ2) is 16.0. The van der Waals surface area contributed by atoms with Crippen molar-refractivity contribution in [2.75, 3.05) is 98.7 Å². The molecule has 152 valence electrons. The predicted molar refractivity (Wildman–Crippen MR) is 94.5 cm³/mol. The Hall–Kier alpha value is -1.17. The highest BCUT2D eigenvalue weighted by Crippen LogP contribution is 2.01. The molecule has 0 amide bonds. The van der Waals surface area contributed by atoms with Gasteiger partial charge in [0.2, 0.25) is 0 Å². The summed E-state index contributed by atoms with van der Waals surface area (Å²) in [5.74, 6) is -0.977. The quantitative estimate of drug-likeness (QED) is 0.265. The molecule has 10 nitrogen and oxygen atoms in total. The number of nitroso groups, excluding NO2 is 1. The molecule has 1 N–H and O–H groups in total. The average molecular weight is 377 g/mol. The maximum atomic E-state index is 10.2. The number of piperazine rings is 1. The zero-order valence-corrected chi connectivity index (χ0v) is 15.3. The van der Waals surface area contributed by atoms with Crippen LogP contribution in [0.1, 0.15) is 0 Å². The molecule has 0 spiro atoms. The lowest BCUT2D eigenvalue weighted by atomic mass is 10.3. The minimum atomic E-state index is -0.977. The Morgan fingerprint density at radius 2 is 1.23 bits per heavy atom. The molecular formula is C16H31N3O7. The fourth-order valence-electron chi connectivity index (χ4n) is 2.43. The first kappa shape index (κ1) is 22.9. The highest BCUT2D eigenvalue weighted by atomic mass is 16.5. The van der Waals surface area contributed by atoms with Crippen LogP contribution in [0, 0.1) is 4.91 Å². The zero-order valence-electron chi connectivity index (χ0n) is 15.3. The summed E-state index contributed by atoms with van der Waals surface area (Å²) in [7, 11) is 0. The Morgan fingerprint density at radius 1 is 0.769 bits per heavy atom. The molecule has 0 aromatic carbocycles. The molecule has 10 heteroatoms. The van der Waals surface area contributed by atoms with Gasteiger partial charge in [-0.1, -0.05) is 5.18 Å². The largest absolute Gasteiger partial charge is 0.480 e. The zero-order chi connectivity index (χ0) is 18.9. The van der Waals surface area contributed by atoms with E-state index in [1.54, 1.807) is 0 Å².